The van der Waals surface area contributed by atoms with Crippen LogP contribution in [0.5, 0.6) is 0 Å². The zero-order valence-electron chi connectivity index (χ0n) is 8.32. The number of rotatable bonds is 2. The molecule has 0 bridgehead atoms. The lowest BCUT2D eigenvalue weighted by Gasteiger charge is -2.11. The van der Waals surface area contributed by atoms with Gasteiger partial charge in [0.2, 0.25) is 0 Å². The van der Waals surface area contributed by atoms with E-state index in [1.807, 2.05) is 19.9 Å². The highest BCUT2D eigenvalue weighted by Crippen LogP contribution is 1.98. The van der Waals surface area contributed by atoms with Gasteiger partial charge >= 0.3 is 0 Å². The maximum Gasteiger partial charge on any atom is 0.268 e. The predicted molar refractivity (Wildman–Crippen MR) is 53.8 cm³/mol. The molecule has 1 heterocycles. The Morgan fingerprint density at radius 1 is 1.64 bits per heavy atom. The second kappa shape index (κ2) is 4.07. The summed E-state index contributed by atoms with van der Waals surface area (Å²) < 4.78 is 1.53. The van der Waals surface area contributed by atoms with E-state index in [2.05, 4.69) is 0 Å². The van der Waals surface area contributed by atoms with E-state index in [1.54, 1.807) is 6.07 Å². The second-order valence-electron chi connectivity index (χ2n) is 3.39. The van der Waals surface area contributed by atoms with Gasteiger partial charge in [0.15, 0.2) is 0 Å². The van der Waals surface area contributed by atoms with Crippen LogP contribution >= 0.6 is 0 Å². The minimum absolute atomic E-state index is 0.0969. The zero-order chi connectivity index (χ0) is 10.7. The Morgan fingerprint density at radius 3 is 2.79 bits per heavy atom. The third-order valence-corrected chi connectivity index (χ3v) is 1.98. The molecule has 0 saturated heterocycles. The smallest absolute Gasteiger partial charge is 0.268 e. The molecule has 2 N–H and O–H groups in total. The third-order valence-electron chi connectivity index (χ3n) is 1.98. The molecule has 1 unspecified atom stereocenters. The van der Waals surface area contributed by atoms with Crippen LogP contribution in [-0.4, -0.2) is 10.6 Å². The molecule has 0 aromatic carbocycles. The summed E-state index contributed by atoms with van der Waals surface area (Å²) in [5, 5.41) is 8.67. The highest BCUT2D eigenvalue weighted by molar-refractivity contribution is 5.27. The van der Waals surface area contributed by atoms with Gasteiger partial charge in [0.1, 0.15) is 11.6 Å². The predicted octanol–water partition coefficient (Wildman–Crippen LogP) is 0.376. The molecule has 4 nitrogen and oxygen atoms in total. The highest BCUT2D eigenvalue weighted by Gasteiger charge is 2.06. The van der Waals surface area contributed by atoms with Gasteiger partial charge < -0.3 is 10.3 Å². The maximum atomic E-state index is 11.6. The van der Waals surface area contributed by atoms with Crippen molar-refractivity contribution in [2.75, 3.05) is 0 Å². The second-order valence-corrected chi connectivity index (χ2v) is 3.39. The zero-order valence-corrected chi connectivity index (χ0v) is 8.32. The van der Waals surface area contributed by atoms with Crippen molar-refractivity contribution in [1.82, 2.24) is 4.57 Å². The number of hydrogen-bond acceptors (Lipinski definition) is 3. The maximum absolute atomic E-state index is 11.6. The molecule has 74 valence electrons. The molecular formula is C10H13N3O. The molecule has 0 fully saturated rings. The van der Waals surface area contributed by atoms with Crippen molar-refractivity contribution < 1.29 is 0 Å². The molecular weight excluding hydrogens is 178 g/mol. The number of nitriles is 1. The van der Waals surface area contributed by atoms with Crippen LogP contribution < -0.4 is 11.3 Å². The van der Waals surface area contributed by atoms with E-state index in [1.165, 1.54) is 10.6 Å². The van der Waals surface area contributed by atoms with Crippen molar-refractivity contribution in [3.8, 4) is 6.07 Å². The van der Waals surface area contributed by atoms with Gasteiger partial charge in [-0.2, -0.15) is 5.26 Å². The van der Waals surface area contributed by atoms with Crippen molar-refractivity contribution in [3.63, 3.8) is 0 Å². The van der Waals surface area contributed by atoms with Crippen molar-refractivity contribution in [2.45, 2.75) is 26.4 Å². The molecule has 0 spiro atoms. The third kappa shape index (κ3) is 2.01. The van der Waals surface area contributed by atoms with Crippen LogP contribution in [0.15, 0.2) is 16.9 Å². The average Bonchev–Trinajstić information content (AvgIpc) is 2.12. The van der Waals surface area contributed by atoms with Crippen LogP contribution in [0.3, 0.4) is 0 Å². The average molecular weight is 191 g/mol. The molecule has 0 radical (unpaired) electrons. The minimum atomic E-state index is -0.259. The number of aryl methyl sites for hydroxylation is 1. The van der Waals surface area contributed by atoms with Gasteiger partial charge in [-0.25, -0.2) is 0 Å². The van der Waals surface area contributed by atoms with Crippen LogP contribution in [-0.2, 0) is 6.54 Å². The summed E-state index contributed by atoms with van der Waals surface area (Å²) in [6, 6.07) is 5.05. The topological polar surface area (TPSA) is 71.8 Å². The monoisotopic (exact) mass is 191 g/mol. The van der Waals surface area contributed by atoms with Gasteiger partial charge in [0, 0.05) is 18.3 Å². The largest absolute Gasteiger partial charge is 0.326 e. The molecule has 0 aliphatic carbocycles. The molecule has 1 aromatic rings. The van der Waals surface area contributed by atoms with Crippen LogP contribution in [0.25, 0.3) is 0 Å². The van der Waals surface area contributed by atoms with Crippen LogP contribution in [0.2, 0.25) is 0 Å². The van der Waals surface area contributed by atoms with Gasteiger partial charge in [-0.05, 0) is 26.0 Å². The summed E-state index contributed by atoms with van der Waals surface area (Å²) in [5.74, 6) is 0. The normalized spacial score (nSPS) is 12.1. The van der Waals surface area contributed by atoms with E-state index >= 15 is 0 Å². The Kier molecular flexibility index (Phi) is 3.05. The summed E-state index contributed by atoms with van der Waals surface area (Å²) in [4.78, 5) is 11.6. The molecule has 0 aliphatic heterocycles. The summed E-state index contributed by atoms with van der Waals surface area (Å²) in [5.41, 5.74) is 6.34. The molecule has 1 rings (SSSR count). The highest BCUT2D eigenvalue weighted by atomic mass is 16.1. The molecule has 0 aliphatic rings. The summed E-state index contributed by atoms with van der Waals surface area (Å²) in [6.07, 6.45) is 0. The molecule has 0 saturated carbocycles. The van der Waals surface area contributed by atoms with E-state index in [4.69, 9.17) is 11.0 Å². The van der Waals surface area contributed by atoms with Crippen molar-refractivity contribution in [3.05, 3.63) is 33.7 Å². The molecule has 14 heavy (non-hydrogen) atoms. The van der Waals surface area contributed by atoms with Gasteiger partial charge in [0.05, 0.1) is 0 Å². The standard InChI is InChI=1S/C10H13N3O/c1-7(12)6-13-8(2)3-4-9(5-11)10(13)14/h3-4,7H,6,12H2,1-2H3. The Bertz CT molecular complexity index is 426. The first-order valence-corrected chi connectivity index (χ1v) is 4.42. The Morgan fingerprint density at radius 2 is 2.29 bits per heavy atom. The van der Waals surface area contributed by atoms with E-state index in [0.29, 0.717) is 6.54 Å². The Labute approximate surface area is 82.6 Å². The Balaban J connectivity index is 3.28. The van der Waals surface area contributed by atoms with E-state index in [0.717, 1.165) is 5.69 Å². The number of hydrogen-bond donors (Lipinski definition) is 1. The first-order chi connectivity index (χ1) is 6.56. The van der Waals surface area contributed by atoms with Crippen LogP contribution in [0.1, 0.15) is 18.2 Å². The molecule has 1 atom stereocenters. The fraction of sp³-hybridized carbons (Fsp3) is 0.400. The lowest BCUT2D eigenvalue weighted by molar-refractivity contribution is 0.561. The van der Waals surface area contributed by atoms with Crippen LogP contribution in [0.4, 0.5) is 0 Å². The quantitative estimate of drug-likeness (QED) is 0.734. The molecule has 1 aromatic heterocycles. The summed E-state index contributed by atoms with van der Waals surface area (Å²) >= 11 is 0. The SMILES string of the molecule is Cc1ccc(C#N)c(=O)n1CC(C)N. The van der Waals surface area contributed by atoms with Gasteiger partial charge in [-0.1, -0.05) is 0 Å². The van der Waals surface area contributed by atoms with E-state index in [9.17, 15) is 4.79 Å². The van der Waals surface area contributed by atoms with Crippen LogP contribution in [0, 0.1) is 18.3 Å². The molecule has 0 amide bonds. The number of nitrogens with zero attached hydrogens (tertiary/aromatic N) is 2. The van der Waals surface area contributed by atoms with E-state index in [-0.39, 0.29) is 17.2 Å². The van der Waals surface area contributed by atoms with Gasteiger partial charge in [-0.15, -0.1) is 0 Å². The van der Waals surface area contributed by atoms with Crippen molar-refractivity contribution >= 4 is 0 Å². The lowest BCUT2D eigenvalue weighted by atomic mass is 10.2. The minimum Gasteiger partial charge on any atom is -0.326 e. The van der Waals surface area contributed by atoms with Crippen molar-refractivity contribution in [2.24, 2.45) is 5.73 Å². The lowest BCUT2D eigenvalue weighted by Crippen LogP contribution is -2.32. The van der Waals surface area contributed by atoms with Gasteiger partial charge in [-0.3, -0.25) is 4.79 Å². The van der Waals surface area contributed by atoms with E-state index < -0.39 is 0 Å². The number of pyridine rings is 1. The number of nitrogens with two attached hydrogens (primary N) is 1. The number of aromatic nitrogens is 1. The fourth-order valence-electron chi connectivity index (χ4n) is 1.27. The summed E-state index contributed by atoms with van der Waals surface area (Å²) in [6.45, 7) is 4.09. The first-order valence-electron chi connectivity index (χ1n) is 4.42. The van der Waals surface area contributed by atoms with Gasteiger partial charge in [0.25, 0.3) is 5.56 Å². The summed E-state index contributed by atoms with van der Waals surface area (Å²) in [7, 11) is 0. The van der Waals surface area contributed by atoms with Crippen molar-refractivity contribution in [1.29, 1.82) is 5.26 Å². The molecule has 4 heteroatoms. The Hall–Kier alpha value is -1.60. The first kappa shape index (κ1) is 10.5. The fourth-order valence-corrected chi connectivity index (χ4v) is 1.27.